The van der Waals surface area contributed by atoms with E-state index in [2.05, 4.69) is 9.80 Å². The lowest BCUT2D eigenvalue weighted by atomic mass is 9.93. The fourth-order valence-electron chi connectivity index (χ4n) is 4.73. The van der Waals surface area contributed by atoms with Crippen molar-refractivity contribution in [3.63, 3.8) is 0 Å². The highest BCUT2D eigenvalue weighted by Crippen LogP contribution is 2.47. The van der Waals surface area contributed by atoms with E-state index in [1.165, 1.54) is 23.8 Å². The molecule has 1 aliphatic carbocycles. The zero-order chi connectivity index (χ0) is 19.5. The van der Waals surface area contributed by atoms with Crippen LogP contribution < -0.4 is 0 Å². The fourth-order valence-corrected chi connectivity index (χ4v) is 4.73. The lowest BCUT2D eigenvalue weighted by Gasteiger charge is -2.38. The standard InChI is InChI=1S/C23H28F2N2O/c24-18-5-3-17(4-6-18)21-16-23(22-15-19(25)7-8-20(21)22)27-12-10-26(11-13-27)9-1-2-14-28/h3-8,15,21,23,28H,1-2,9-14,16H2. The van der Waals surface area contributed by atoms with E-state index in [0.29, 0.717) is 0 Å². The quantitative estimate of drug-likeness (QED) is 0.762. The van der Waals surface area contributed by atoms with Crippen molar-refractivity contribution < 1.29 is 13.9 Å². The Kier molecular flexibility index (Phi) is 6.04. The first-order valence-corrected chi connectivity index (χ1v) is 10.3. The van der Waals surface area contributed by atoms with E-state index in [1.54, 1.807) is 6.07 Å². The summed E-state index contributed by atoms with van der Waals surface area (Å²) in [6, 6.07) is 12.1. The molecule has 4 rings (SSSR count). The third kappa shape index (κ3) is 4.12. The van der Waals surface area contributed by atoms with Gasteiger partial charge in [0.1, 0.15) is 11.6 Å². The van der Waals surface area contributed by atoms with Crippen molar-refractivity contribution in [1.82, 2.24) is 9.80 Å². The van der Waals surface area contributed by atoms with E-state index in [-0.39, 0.29) is 30.2 Å². The molecule has 5 heteroatoms. The van der Waals surface area contributed by atoms with Crippen LogP contribution in [-0.2, 0) is 0 Å². The number of hydrogen-bond donors (Lipinski definition) is 1. The Labute approximate surface area is 165 Å². The molecule has 2 aliphatic rings. The highest BCUT2D eigenvalue weighted by Gasteiger charge is 2.36. The second kappa shape index (κ2) is 8.68. The van der Waals surface area contributed by atoms with Crippen molar-refractivity contribution in [3.05, 3.63) is 70.8 Å². The summed E-state index contributed by atoms with van der Waals surface area (Å²) in [5.74, 6) is -0.232. The maximum atomic E-state index is 14.0. The third-order valence-corrected chi connectivity index (χ3v) is 6.24. The molecule has 2 unspecified atom stereocenters. The number of halogens is 2. The molecule has 3 nitrogen and oxygen atoms in total. The number of rotatable bonds is 6. The molecule has 2 aromatic carbocycles. The molecule has 0 bridgehead atoms. The molecule has 2 aromatic rings. The van der Waals surface area contributed by atoms with Crippen LogP contribution >= 0.6 is 0 Å². The van der Waals surface area contributed by atoms with E-state index in [0.717, 1.165) is 63.1 Å². The van der Waals surface area contributed by atoms with Crippen LogP contribution in [0.2, 0.25) is 0 Å². The van der Waals surface area contributed by atoms with Gasteiger partial charge in [-0.1, -0.05) is 18.2 Å². The van der Waals surface area contributed by atoms with Gasteiger partial charge in [0.15, 0.2) is 0 Å². The average molecular weight is 386 g/mol. The first-order chi connectivity index (χ1) is 13.7. The Morgan fingerprint density at radius 1 is 0.857 bits per heavy atom. The number of piperazine rings is 1. The largest absolute Gasteiger partial charge is 0.396 e. The molecule has 2 atom stereocenters. The van der Waals surface area contributed by atoms with Crippen LogP contribution in [0.4, 0.5) is 8.78 Å². The van der Waals surface area contributed by atoms with Crippen LogP contribution in [0, 0.1) is 11.6 Å². The lowest BCUT2D eigenvalue weighted by molar-refractivity contribution is 0.0926. The van der Waals surface area contributed by atoms with Gasteiger partial charge in [0.25, 0.3) is 0 Å². The molecular weight excluding hydrogens is 358 g/mol. The number of benzene rings is 2. The molecular formula is C23H28F2N2O. The number of nitrogens with zero attached hydrogens (tertiary/aromatic N) is 2. The number of fused-ring (bicyclic) bond motifs is 1. The Balaban J connectivity index is 1.49. The van der Waals surface area contributed by atoms with Crippen LogP contribution in [-0.4, -0.2) is 54.2 Å². The first kappa shape index (κ1) is 19.5. The fraction of sp³-hybridized carbons (Fsp3) is 0.478. The third-order valence-electron chi connectivity index (χ3n) is 6.24. The predicted octanol–water partition coefficient (Wildman–Crippen LogP) is 3.93. The molecule has 1 N–H and O–H groups in total. The van der Waals surface area contributed by atoms with E-state index >= 15 is 0 Å². The Bertz CT molecular complexity index is 788. The molecule has 1 fully saturated rings. The van der Waals surface area contributed by atoms with Crippen molar-refractivity contribution in [2.75, 3.05) is 39.3 Å². The Morgan fingerprint density at radius 3 is 2.29 bits per heavy atom. The van der Waals surface area contributed by atoms with Gasteiger partial charge in [0.05, 0.1) is 0 Å². The minimum Gasteiger partial charge on any atom is -0.396 e. The predicted molar refractivity (Wildman–Crippen MR) is 106 cm³/mol. The number of aliphatic hydroxyl groups is 1. The summed E-state index contributed by atoms with van der Waals surface area (Å²) in [5.41, 5.74) is 3.35. The van der Waals surface area contributed by atoms with Crippen LogP contribution in [0.15, 0.2) is 42.5 Å². The minimum absolute atomic E-state index is 0.184. The van der Waals surface area contributed by atoms with Gasteiger partial charge in [-0.25, -0.2) is 8.78 Å². The number of aliphatic hydroxyl groups excluding tert-OH is 1. The van der Waals surface area contributed by atoms with Gasteiger partial charge in [-0.2, -0.15) is 0 Å². The van der Waals surface area contributed by atoms with Gasteiger partial charge in [0.2, 0.25) is 0 Å². The molecule has 28 heavy (non-hydrogen) atoms. The number of unbranched alkanes of at least 4 members (excludes halogenated alkanes) is 1. The van der Waals surface area contributed by atoms with Crippen molar-refractivity contribution in [3.8, 4) is 0 Å². The van der Waals surface area contributed by atoms with Crippen molar-refractivity contribution in [1.29, 1.82) is 0 Å². The normalized spacial score (nSPS) is 23.1. The Morgan fingerprint density at radius 2 is 1.57 bits per heavy atom. The Hall–Kier alpha value is -1.82. The monoisotopic (exact) mass is 386 g/mol. The summed E-state index contributed by atoms with van der Waals surface area (Å²) in [5, 5.41) is 8.95. The minimum atomic E-state index is -0.227. The topological polar surface area (TPSA) is 26.7 Å². The maximum Gasteiger partial charge on any atom is 0.123 e. The van der Waals surface area contributed by atoms with Gasteiger partial charge in [-0.15, -0.1) is 0 Å². The second-order valence-corrected chi connectivity index (χ2v) is 7.94. The maximum absolute atomic E-state index is 14.0. The van der Waals surface area contributed by atoms with Gasteiger partial charge >= 0.3 is 0 Å². The summed E-state index contributed by atoms with van der Waals surface area (Å²) < 4.78 is 27.4. The molecule has 0 spiro atoms. The second-order valence-electron chi connectivity index (χ2n) is 7.94. The highest BCUT2D eigenvalue weighted by atomic mass is 19.1. The van der Waals surface area contributed by atoms with E-state index in [9.17, 15) is 8.78 Å². The summed E-state index contributed by atoms with van der Waals surface area (Å²) in [6.07, 6.45) is 2.80. The first-order valence-electron chi connectivity index (χ1n) is 10.3. The van der Waals surface area contributed by atoms with E-state index < -0.39 is 0 Å². The summed E-state index contributed by atoms with van der Waals surface area (Å²) in [4.78, 5) is 4.93. The molecule has 150 valence electrons. The summed E-state index contributed by atoms with van der Waals surface area (Å²) in [6.45, 7) is 5.24. The zero-order valence-electron chi connectivity index (χ0n) is 16.2. The van der Waals surface area contributed by atoms with Gasteiger partial charge in [-0.3, -0.25) is 4.90 Å². The van der Waals surface area contributed by atoms with Gasteiger partial charge in [0, 0.05) is 44.7 Å². The van der Waals surface area contributed by atoms with E-state index in [1.807, 2.05) is 18.2 Å². The molecule has 1 saturated heterocycles. The number of hydrogen-bond acceptors (Lipinski definition) is 3. The van der Waals surface area contributed by atoms with Crippen molar-refractivity contribution in [2.45, 2.75) is 31.2 Å². The van der Waals surface area contributed by atoms with Crippen LogP contribution in [0.1, 0.15) is 47.9 Å². The lowest BCUT2D eigenvalue weighted by Crippen LogP contribution is -2.47. The van der Waals surface area contributed by atoms with Gasteiger partial charge < -0.3 is 10.0 Å². The van der Waals surface area contributed by atoms with Crippen molar-refractivity contribution >= 4 is 0 Å². The van der Waals surface area contributed by atoms with Crippen LogP contribution in [0.25, 0.3) is 0 Å². The van der Waals surface area contributed by atoms with Gasteiger partial charge in [-0.05, 0) is 66.8 Å². The van der Waals surface area contributed by atoms with Crippen LogP contribution in [0.5, 0.6) is 0 Å². The summed E-state index contributed by atoms with van der Waals surface area (Å²) in [7, 11) is 0. The molecule has 0 radical (unpaired) electrons. The average Bonchev–Trinajstić information content (AvgIpc) is 3.08. The summed E-state index contributed by atoms with van der Waals surface area (Å²) >= 11 is 0. The molecule has 0 aromatic heterocycles. The molecule has 1 heterocycles. The molecule has 1 aliphatic heterocycles. The van der Waals surface area contributed by atoms with Crippen LogP contribution in [0.3, 0.4) is 0 Å². The smallest absolute Gasteiger partial charge is 0.123 e. The molecule has 0 saturated carbocycles. The SMILES string of the molecule is OCCCCN1CCN(C2CC(c3ccc(F)cc3)c3ccc(F)cc32)CC1. The zero-order valence-corrected chi connectivity index (χ0v) is 16.2. The van der Waals surface area contributed by atoms with E-state index in [4.69, 9.17) is 5.11 Å². The molecule has 0 amide bonds. The highest BCUT2D eigenvalue weighted by molar-refractivity contribution is 5.45. The van der Waals surface area contributed by atoms with Crippen molar-refractivity contribution in [2.24, 2.45) is 0 Å².